The van der Waals surface area contributed by atoms with Crippen molar-refractivity contribution in [2.45, 2.75) is 58.3 Å². The van der Waals surface area contributed by atoms with Crippen LogP contribution in [0.25, 0.3) is 22.4 Å². The molecule has 0 atom stereocenters. The number of amides is 2. The molecule has 2 aliphatic heterocycles. The molecule has 2 amide bonds. The second kappa shape index (κ2) is 13.9. The summed E-state index contributed by atoms with van der Waals surface area (Å²) >= 11 is 0. The van der Waals surface area contributed by atoms with Gasteiger partial charge in [-0.2, -0.15) is 0 Å². The summed E-state index contributed by atoms with van der Waals surface area (Å²) in [5.74, 6) is 1.74. The van der Waals surface area contributed by atoms with E-state index in [1.807, 2.05) is 29.2 Å². The fourth-order valence-corrected chi connectivity index (χ4v) is 6.33. The van der Waals surface area contributed by atoms with Gasteiger partial charge in [0.05, 0.1) is 11.2 Å². The zero-order valence-electron chi connectivity index (χ0n) is 27.1. The molecule has 0 saturated carbocycles. The van der Waals surface area contributed by atoms with Crippen molar-refractivity contribution in [2.75, 3.05) is 62.6 Å². The Balaban J connectivity index is 0.984. The molecule has 2 saturated heterocycles. The average molecular weight is 609 g/mol. The highest BCUT2D eigenvalue weighted by Crippen LogP contribution is 2.31. The number of hydrogen-bond donors (Lipinski definition) is 2. The van der Waals surface area contributed by atoms with Crippen LogP contribution < -0.4 is 15.0 Å². The minimum atomic E-state index is -0.000409. The van der Waals surface area contributed by atoms with E-state index in [2.05, 4.69) is 83.3 Å². The Bertz CT molecular complexity index is 1560. The highest BCUT2D eigenvalue weighted by atomic mass is 16.5. The molecule has 3 heterocycles. The molecule has 0 unspecified atom stereocenters. The Labute approximate surface area is 267 Å². The molecule has 2 aliphatic rings. The van der Waals surface area contributed by atoms with Crippen LogP contribution in [0, 0.1) is 0 Å². The normalized spacial score (nSPS) is 16.8. The van der Waals surface area contributed by atoms with E-state index in [1.165, 1.54) is 30.5 Å². The van der Waals surface area contributed by atoms with Crippen molar-refractivity contribution in [1.29, 1.82) is 0 Å². The highest BCUT2D eigenvalue weighted by molar-refractivity contribution is 5.91. The number of fused-ring (bicyclic) bond motifs is 1. The molecule has 45 heavy (non-hydrogen) atoms. The Kier molecular flexibility index (Phi) is 9.59. The third-order valence-corrected chi connectivity index (χ3v) is 9.13. The van der Waals surface area contributed by atoms with E-state index < -0.39 is 0 Å². The molecule has 0 spiro atoms. The first-order valence-electron chi connectivity index (χ1n) is 16.7. The van der Waals surface area contributed by atoms with Gasteiger partial charge in [-0.25, -0.2) is 9.78 Å². The van der Waals surface area contributed by atoms with E-state index in [-0.39, 0.29) is 11.4 Å². The predicted molar refractivity (Wildman–Crippen MR) is 184 cm³/mol. The highest BCUT2D eigenvalue weighted by Gasteiger charge is 2.21. The maximum atomic E-state index is 12.7. The minimum absolute atomic E-state index is 0.000409. The summed E-state index contributed by atoms with van der Waals surface area (Å²) in [4.78, 5) is 28.2. The van der Waals surface area contributed by atoms with E-state index in [1.54, 1.807) is 0 Å². The molecule has 8 nitrogen and oxygen atoms in total. The van der Waals surface area contributed by atoms with Gasteiger partial charge in [0.25, 0.3) is 0 Å². The lowest BCUT2D eigenvalue weighted by atomic mass is 9.86. The molecule has 238 valence electrons. The number of carbonyl (C=O) groups excluding carboxylic acids is 1. The average Bonchev–Trinajstić information content (AvgIpc) is 3.47. The number of urea groups is 1. The SMILES string of the molecule is CC(C)(C)c1cccc(-c2nc3c(N4CCN(CCOc5ccc(NC(=O)N6CCCCCCC6)cc5)CC4)cccc3[nH]2)c1. The van der Waals surface area contributed by atoms with Gasteiger partial charge < -0.3 is 24.8 Å². The van der Waals surface area contributed by atoms with Gasteiger partial charge in [-0.3, -0.25) is 4.90 Å². The summed E-state index contributed by atoms with van der Waals surface area (Å²) in [5.41, 5.74) is 6.62. The monoisotopic (exact) mass is 608 g/mol. The Morgan fingerprint density at radius 1 is 0.867 bits per heavy atom. The number of likely N-dealkylation sites (tertiary alicyclic amines) is 1. The minimum Gasteiger partial charge on any atom is -0.492 e. The fourth-order valence-electron chi connectivity index (χ4n) is 6.33. The number of carbonyl (C=O) groups is 1. The third kappa shape index (κ3) is 7.79. The van der Waals surface area contributed by atoms with Crippen molar-refractivity contribution in [3.8, 4) is 17.1 Å². The summed E-state index contributed by atoms with van der Waals surface area (Å²) in [7, 11) is 0. The smallest absolute Gasteiger partial charge is 0.321 e. The molecule has 8 heteroatoms. The van der Waals surface area contributed by atoms with E-state index in [4.69, 9.17) is 9.72 Å². The number of ether oxygens (including phenoxy) is 1. The summed E-state index contributed by atoms with van der Waals surface area (Å²) in [6.45, 7) is 13.8. The number of piperazine rings is 1. The number of aromatic amines is 1. The van der Waals surface area contributed by atoms with Crippen molar-refractivity contribution in [3.05, 3.63) is 72.3 Å². The molecule has 2 fully saturated rings. The summed E-state index contributed by atoms with van der Waals surface area (Å²) in [6, 6.07) is 22.9. The Morgan fingerprint density at radius 2 is 1.58 bits per heavy atom. The van der Waals surface area contributed by atoms with Crippen LogP contribution in [0.2, 0.25) is 0 Å². The van der Waals surface area contributed by atoms with Gasteiger partial charge in [-0.15, -0.1) is 0 Å². The maximum absolute atomic E-state index is 12.7. The van der Waals surface area contributed by atoms with Gasteiger partial charge in [-0.1, -0.05) is 64.3 Å². The van der Waals surface area contributed by atoms with Gasteiger partial charge in [0.1, 0.15) is 23.7 Å². The van der Waals surface area contributed by atoms with Crippen LogP contribution >= 0.6 is 0 Å². The fraction of sp³-hybridized carbons (Fsp3) is 0.459. The number of benzene rings is 3. The number of nitrogens with zero attached hydrogens (tertiary/aromatic N) is 4. The van der Waals surface area contributed by atoms with Gasteiger partial charge >= 0.3 is 6.03 Å². The maximum Gasteiger partial charge on any atom is 0.321 e. The first kappa shape index (κ1) is 31.0. The summed E-state index contributed by atoms with van der Waals surface area (Å²) in [6.07, 6.45) is 5.88. The number of hydrogen-bond acceptors (Lipinski definition) is 5. The molecule has 1 aromatic heterocycles. The number of H-pyrrole nitrogens is 1. The van der Waals surface area contributed by atoms with Crippen molar-refractivity contribution in [1.82, 2.24) is 19.8 Å². The van der Waals surface area contributed by atoms with Gasteiger partial charge in [-0.05, 0) is 66.3 Å². The van der Waals surface area contributed by atoms with Gasteiger partial charge in [0.15, 0.2) is 0 Å². The molecule has 4 aromatic rings. The number of rotatable bonds is 7. The van der Waals surface area contributed by atoms with Crippen LogP contribution in [-0.2, 0) is 5.41 Å². The summed E-state index contributed by atoms with van der Waals surface area (Å²) in [5, 5.41) is 3.05. The number of imidazole rings is 1. The first-order valence-corrected chi connectivity index (χ1v) is 16.7. The van der Waals surface area contributed by atoms with Crippen LogP contribution in [-0.4, -0.2) is 78.2 Å². The van der Waals surface area contributed by atoms with Crippen LogP contribution in [0.3, 0.4) is 0 Å². The number of para-hydroxylation sites is 1. The second-order valence-electron chi connectivity index (χ2n) is 13.5. The molecular formula is C37H48N6O2. The number of anilines is 2. The lowest BCUT2D eigenvalue weighted by Gasteiger charge is -2.36. The summed E-state index contributed by atoms with van der Waals surface area (Å²) < 4.78 is 6.07. The molecule has 0 aliphatic carbocycles. The topological polar surface area (TPSA) is 76.7 Å². The molecule has 0 radical (unpaired) electrons. The largest absolute Gasteiger partial charge is 0.492 e. The van der Waals surface area contributed by atoms with Crippen molar-refractivity contribution in [3.63, 3.8) is 0 Å². The van der Waals surface area contributed by atoms with Crippen LogP contribution in [0.4, 0.5) is 16.2 Å². The molecule has 6 rings (SSSR count). The number of aromatic nitrogens is 2. The number of nitrogens with one attached hydrogen (secondary N) is 2. The standard InChI is InChI=1S/C37H48N6O2/c1-37(2,3)29-12-9-11-28(27-29)35-39-32-13-10-14-33(34(32)40-35)42-23-21-41(22-24-42)25-26-45-31-17-15-30(16-18-31)38-36(44)43-19-7-5-4-6-8-20-43/h9-18,27H,4-8,19-26H2,1-3H3,(H,38,44)(H,39,40). The first-order chi connectivity index (χ1) is 21.8. The van der Waals surface area contributed by atoms with Gasteiger partial charge in [0, 0.05) is 57.1 Å². The predicted octanol–water partition coefficient (Wildman–Crippen LogP) is 7.53. The van der Waals surface area contributed by atoms with Crippen molar-refractivity contribution < 1.29 is 9.53 Å². The molecule has 3 aromatic carbocycles. The zero-order chi connectivity index (χ0) is 31.2. The second-order valence-corrected chi connectivity index (χ2v) is 13.5. The van der Waals surface area contributed by atoms with Gasteiger partial charge in [0.2, 0.25) is 0 Å². The van der Waals surface area contributed by atoms with E-state index >= 15 is 0 Å². The Hall–Kier alpha value is -4.04. The van der Waals surface area contributed by atoms with Crippen LogP contribution in [0.1, 0.15) is 58.4 Å². The van der Waals surface area contributed by atoms with E-state index in [9.17, 15) is 4.79 Å². The van der Waals surface area contributed by atoms with Crippen molar-refractivity contribution >= 4 is 28.4 Å². The lowest BCUT2D eigenvalue weighted by molar-refractivity contribution is 0.200. The van der Waals surface area contributed by atoms with E-state index in [0.29, 0.717) is 6.61 Å². The molecular weight excluding hydrogens is 560 g/mol. The van der Waals surface area contributed by atoms with E-state index in [0.717, 1.165) is 92.5 Å². The molecule has 0 bridgehead atoms. The van der Waals surface area contributed by atoms with Crippen LogP contribution in [0.15, 0.2) is 66.7 Å². The van der Waals surface area contributed by atoms with Crippen LogP contribution in [0.5, 0.6) is 5.75 Å². The third-order valence-electron chi connectivity index (χ3n) is 9.13. The van der Waals surface area contributed by atoms with Crippen molar-refractivity contribution in [2.24, 2.45) is 0 Å². The Morgan fingerprint density at radius 3 is 2.31 bits per heavy atom. The zero-order valence-corrected chi connectivity index (χ0v) is 27.1. The quantitative estimate of drug-likeness (QED) is 0.227. The molecule has 2 N–H and O–H groups in total. The lowest BCUT2D eigenvalue weighted by Crippen LogP contribution is -2.47.